The molecule has 0 unspecified atom stereocenters. The van der Waals surface area contributed by atoms with Gasteiger partial charge in [0.15, 0.2) is 0 Å². The molecule has 0 aliphatic heterocycles. The number of amides is 1. The van der Waals surface area contributed by atoms with Gasteiger partial charge >= 0.3 is 0 Å². The highest BCUT2D eigenvalue weighted by Crippen LogP contribution is 2.22. The van der Waals surface area contributed by atoms with Crippen LogP contribution in [0.2, 0.25) is 0 Å². The zero-order valence-electron chi connectivity index (χ0n) is 13.2. The summed E-state index contributed by atoms with van der Waals surface area (Å²) in [6.07, 6.45) is 1.21. The van der Waals surface area contributed by atoms with Gasteiger partial charge in [0.05, 0.1) is 7.11 Å². The number of methoxy groups -OCH3 is 1. The van der Waals surface area contributed by atoms with Crippen molar-refractivity contribution in [3.63, 3.8) is 0 Å². The molecule has 0 atom stereocenters. The molecule has 0 fully saturated rings. The summed E-state index contributed by atoms with van der Waals surface area (Å²) >= 11 is 0. The summed E-state index contributed by atoms with van der Waals surface area (Å²) in [6, 6.07) is 16.1. The minimum atomic E-state index is 0. The van der Waals surface area contributed by atoms with Crippen molar-refractivity contribution in [3.05, 3.63) is 54.1 Å². The van der Waals surface area contributed by atoms with Gasteiger partial charge in [-0.3, -0.25) is 4.79 Å². The van der Waals surface area contributed by atoms with E-state index in [-0.39, 0.29) is 18.3 Å². The number of nitrogens with two attached hydrogens (primary N) is 1. The molecule has 124 valence electrons. The van der Waals surface area contributed by atoms with Crippen molar-refractivity contribution in [1.29, 1.82) is 0 Å². The van der Waals surface area contributed by atoms with E-state index in [2.05, 4.69) is 17.4 Å². The number of ether oxygens (including phenoxy) is 1. The molecular weight excluding hydrogens is 312 g/mol. The van der Waals surface area contributed by atoms with Gasteiger partial charge in [0.25, 0.3) is 0 Å². The molecule has 0 bridgehead atoms. The molecule has 0 aromatic heterocycles. The van der Waals surface area contributed by atoms with Crippen LogP contribution in [0.4, 0.5) is 0 Å². The Kier molecular flexibility index (Phi) is 8.16. The van der Waals surface area contributed by atoms with Crippen LogP contribution in [0.15, 0.2) is 48.5 Å². The van der Waals surface area contributed by atoms with Crippen molar-refractivity contribution in [1.82, 2.24) is 5.32 Å². The Balaban J connectivity index is 0.00000264. The molecule has 2 aromatic rings. The number of hydrogen-bond acceptors (Lipinski definition) is 3. The van der Waals surface area contributed by atoms with Crippen LogP contribution >= 0.6 is 12.4 Å². The zero-order chi connectivity index (χ0) is 15.8. The summed E-state index contributed by atoms with van der Waals surface area (Å²) in [5, 5.41) is 2.90. The van der Waals surface area contributed by atoms with Gasteiger partial charge in [-0.1, -0.05) is 36.4 Å². The molecule has 2 rings (SSSR count). The van der Waals surface area contributed by atoms with Gasteiger partial charge in [0.2, 0.25) is 5.91 Å². The Morgan fingerprint density at radius 1 is 1.04 bits per heavy atom. The van der Waals surface area contributed by atoms with Crippen molar-refractivity contribution in [2.45, 2.75) is 19.4 Å². The molecule has 4 nitrogen and oxygen atoms in total. The van der Waals surface area contributed by atoms with Crippen LogP contribution in [0.25, 0.3) is 11.1 Å². The van der Waals surface area contributed by atoms with E-state index in [1.807, 2.05) is 36.4 Å². The van der Waals surface area contributed by atoms with Gasteiger partial charge < -0.3 is 15.8 Å². The first kappa shape index (κ1) is 19.0. The van der Waals surface area contributed by atoms with Gasteiger partial charge in [-0.15, -0.1) is 12.4 Å². The van der Waals surface area contributed by atoms with Crippen molar-refractivity contribution >= 4 is 18.3 Å². The lowest BCUT2D eigenvalue weighted by Gasteiger charge is -2.07. The lowest BCUT2D eigenvalue weighted by molar-refractivity contribution is -0.121. The highest BCUT2D eigenvalue weighted by Gasteiger charge is 2.02. The Morgan fingerprint density at radius 3 is 2.13 bits per heavy atom. The van der Waals surface area contributed by atoms with Gasteiger partial charge in [-0.2, -0.15) is 0 Å². The van der Waals surface area contributed by atoms with Crippen LogP contribution in [0.5, 0.6) is 5.75 Å². The molecule has 0 saturated heterocycles. The minimum Gasteiger partial charge on any atom is -0.497 e. The third kappa shape index (κ3) is 5.93. The van der Waals surface area contributed by atoms with E-state index in [1.54, 1.807) is 7.11 Å². The number of carbonyl (C=O) groups is 1. The van der Waals surface area contributed by atoms with Gasteiger partial charge in [-0.05, 0) is 41.8 Å². The van der Waals surface area contributed by atoms with Crippen LogP contribution in [0.3, 0.4) is 0 Å². The largest absolute Gasteiger partial charge is 0.497 e. The Hall–Kier alpha value is -2.04. The fourth-order valence-electron chi connectivity index (χ4n) is 2.15. The van der Waals surface area contributed by atoms with Gasteiger partial charge in [0, 0.05) is 13.0 Å². The first-order valence-corrected chi connectivity index (χ1v) is 7.43. The molecule has 1 amide bonds. The van der Waals surface area contributed by atoms with Crippen LogP contribution in [-0.2, 0) is 11.3 Å². The van der Waals surface area contributed by atoms with Crippen molar-refractivity contribution < 1.29 is 9.53 Å². The second-order valence-electron chi connectivity index (χ2n) is 5.09. The first-order valence-electron chi connectivity index (χ1n) is 7.43. The molecule has 0 aliphatic rings. The third-order valence-corrected chi connectivity index (χ3v) is 3.47. The van der Waals surface area contributed by atoms with E-state index in [9.17, 15) is 4.79 Å². The van der Waals surface area contributed by atoms with Gasteiger partial charge in [-0.25, -0.2) is 0 Å². The average Bonchev–Trinajstić information content (AvgIpc) is 2.58. The highest BCUT2D eigenvalue weighted by molar-refractivity contribution is 5.85. The number of halogens is 1. The fraction of sp³-hybridized carbons (Fsp3) is 0.278. The lowest BCUT2D eigenvalue weighted by atomic mass is 10.0. The van der Waals surface area contributed by atoms with Crippen LogP contribution < -0.4 is 15.8 Å². The number of nitrogens with one attached hydrogen (secondary N) is 1. The Morgan fingerprint density at radius 2 is 1.61 bits per heavy atom. The molecule has 0 radical (unpaired) electrons. The molecule has 3 N–H and O–H groups in total. The summed E-state index contributed by atoms with van der Waals surface area (Å²) < 4.78 is 5.16. The smallest absolute Gasteiger partial charge is 0.220 e. The number of carbonyl (C=O) groups excluding carboxylic acids is 1. The van der Waals surface area contributed by atoms with E-state index < -0.39 is 0 Å². The zero-order valence-corrected chi connectivity index (χ0v) is 14.1. The van der Waals surface area contributed by atoms with Crippen molar-refractivity contribution in [2.75, 3.05) is 13.7 Å². The molecule has 0 aliphatic carbocycles. The lowest BCUT2D eigenvalue weighted by Crippen LogP contribution is -2.23. The SMILES string of the molecule is COc1ccc(-c2ccc(CNC(=O)CCCN)cc2)cc1.Cl. The maximum atomic E-state index is 11.5. The third-order valence-electron chi connectivity index (χ3n) is 3.47. The number of benzene rings is 2. The quantitative estimate of drug-likeness (QED) is 0.817. The van der Waals surface area contributed by atoms with E-state index in [0.717, 1.165) is 28.9 Å². The summed E-state index contributed by atoms with van der Waals surface area (Å²) in [4.78, 5) is 11.5. The molecule has 23 heavy (non-hydrogen) atoms. The van der Waals surface area contributed by atoms with E-state index in [4.69, 9.17) is 10.5 Å². The Labute approximate surface area is 143 Å². The fourth-order valence-corrected chi connectivity index (χ4v) is 2.15. The van der Waals surface area contributed by atoms with E-state index >= 15 is 0 Å². The van der Waals surface area contributed by atoms with Crippen LogP contribution in [-0.4, -0.2) is 19.6 Å². The monoisotopic (exact) mass is 334 g/mol. The summed E-state index contributed by atoms with van der Waals surface area (Å²) in [6.45, 7) is 1.09. The first-order chi connectivity index (χ1) is 10.7. The maximum absolute atomic E-state index is 11.5. The van der Waals surface area contributed by atoms with E-state index in [0.29, 0.717) is 19.5 Å². The number of rotatable bonds is 7. The molecule has 5 heteroatoms. The van der Waals surface area contributed by atoms with Crippen molar-refractivity contribution in [3.8, 4) is 16.9 Å². The summed E-state index contributed by atoms with van der Waals surface area (Å²) in [5.41, 5.74) is 8.75. The molecule has 0 spiro atoms. The summed E-state index contributed by atoms with van der Waals surface area (Å²) in [7, 11) is 1.66. The standard InChI is InChI=1S/C18H22N2O2.ClH/c1-22-17-10-8-16(9-11-17)15-6-4-14(5-7-15)13-20-18(21)3-2-12-19;/h4-11H,2-3,12-13,19H2,1H3,(H,20,21);1H. The van der Waals surface area contributed by atoms with Crippen molar-refractivity contribution in [2.24, 2.45) is 5.73 Å². The molecular formula is C18H23ClN2O2. The Bertz CT molecular complexity index is 597. The second-order valence-corrected chi connectivity index (χ2v) is 5.09. The second kappa shape index (κ2) is 9.87. The van der Waals surface area contributed by atoms with Crippen LogP contribution in [0, 0.1) is 0 Å². The predicted molar refractivity (Wildman–Crippen MR) is 95.8 cm³/mol. The highest BCUT2D eigenvalue weighted by atomic mass is 35.5. The van der Waals surface area contributed by atoms with Gasteiger partial charge in [0.1, 0.15) is 5.75 Å². The minimum absolute atomic E-state index is 0. The normalized spacial score (nSPS) is 9.83. The van der Waals surface area contributed by atoms with E-state index in [1.165, 1.54) is 0 Å². The summed E-state index contributed by atoms with van der Waals surface area (Å²) in [5.74, 6) is 0.894. The molecule has 0 heterocycles. The topological polar surface area (TPSA) is 64.3 Å². The average molecular weight is 335 g/mol. The predicted octanol–water partition coefficient (Wildman–Crippen LogP) is 3.14. The van der Waals surface area contributed by atoms with Crippen LogP contribution in [0.1, 0.15) is 18.4 Å². The molecule has 2 aromatic carbocycles. The molecule has 0 saturated carbocycles. The number of hydrogen-bond donors (Lipinski definition) is 2. The maximum Gasteiger partial charge on any atom is 0.220 e.